The Morgan fingerprint density at radius 3 is 2.78 bits per heavy atom. The molecule has 146 valence electrons. The van der Waals surface area contributed by atoms with Crippen LogP contribution >= 0.6 is 22.9 Å². The molecular formula is C17H20ClFN4O3S. The molecule has 1 aromatic rings. The van der Waals surface area contributed by atoms with E-state index < -0.39 is 24.1 Å². The van der Waals surface area contributed by atoms with E-state index in [1.54, 1.807) is 11.8 Å². The van der Waals surface area contributed by atoms with Crippen LogP contribution in [0.5, 0.6) is 0 Å². The lowest BCUT2D eigenvalue weighted by atomic mass is 10.0. The van der Waals surface area contributed by atoms with E-state index in [9.17, 15) is 14.0 Å². The molecule has 1 amide bonds. The molecule has 1 aromatic heterocycles. The minimum atomic E-state index is -1.30. The molecular weight excluding hydrogens is 395 g/mol. The zero-order valence-corrected chi connectivity index (χ0v) is 16.5. The van der Waals surface area contributed by atoms with Crippen LogP contribution < -0.4 is 10.2 Å². The maximum absolute atomic E-state index is 14.6. The third kappa shape index (κ3) is 4.14. The molecule has 27 heavy (non-hydrogen) atoms. The normalized spacial score (nSPS) is 22.8. The second kappa shape index (κ2) is 7.93. The number of nitrogens with one attached hydrogen (secondary N) is 1. The van der Waals surface area contributed by atoms with Gasteiger partial charge in [-0.2, -0.15) is 0 Å². The predicted molar refractivity (Wildman–Crippen MR) is 103 cm³/mol. The van der Waals surface area contributed by atoms with Crippen LogP contribution in [0.3, 0.4) is 0 Å². The van der Waals surface area contributed by atoms with E-state index in [1.165, 1.54) is 0 Å². The van der Waals surface area contributed by atoms with E-state index in [4.69, 9.17) is 16.7 Å². The lowest BCUT2D eigenvalue weighted by molar-refractivity contribution is -0.116. The molecule has 0 aliphatic carbocycles. The first kappa shape index (κ1) is 19.8. The Balaban J connectivity index is 1.59. The molecule has 0 spiro atoms. The number of halogens is 2. The van der Waals surface area contributed by atoms with Gasteiger partial charge in [0.25, 0.3) is 5.91 Å². The van der Waals surface area contributed by atoms with Gasteiger partial charge in [0.1, 0.15) is 21.9 Å². The Bertz CT molecular complexity index is 838. The van der Waals surface area contributed by atoms with Crippen molar-refractivity contribution in [3.8, 4) is 0 Å². The summed E-state index contributed by atoms with van der Waals surface area (Å²) in [5.41, 5.74) is 1.64. The molecule has 3 rings (SSSR count). The molecule has 0 unspecified atom stereocenters. The fourth-order valence-electron chi connectivity index (χ4n) is 3.12. The van der Waals surface area contributed by atoms with Gasteiger partial charge in [-0.15, -0.1) is 0 Å². The van der Waals surface area contributed by atoms with Gasteiger partial charge in [-0.1, -0.05) is 29.9 Å². The Hall–Kier alpha value is -2.00. The van der Waals surface area contributed by atoms with Crippen molar-refractivity contribution in [2.24, 2.45) is 4.99 Å². The van der Waals surface area contributed by atoms with Gasteiger partial charge in [0.2, 0.25) is 0 Å². The van der Waals surface area contributed by atoms with E-state index >= 15 is 0 Å². The summed E-state index contributed by atoms with van der Waals surface area (Å²) in [6.07, 6.45) is 0.210. The average Bonchev–Trinajstić information content (AvgIpc) is 3.19. The molecule has 10 heteroatoms. The van der Waals surface area contributed by atoms with Gasteiger partial charge in [0, 0.05) is 13.0 Å². The molecule has 7 nitrogen and oxygen atoms in total. The van der Waals surface area contributed by atoms with Crippen LogP contribution in [0, 0.1) is 6.92 Å². The van der Waals surface area contributed by atoms with Crippen LogP contribution in [0.15, 0.2) is 15.7 Å². The number of rotatable bonds is 5. The van der Waals surface area contributed by atoms with Gasteiger partial charge >= 0.3 is 5.97 Å². The van der Waals surface area contributed by atoms with Gasteiger partial charge in [-0.3, -0.25) is 4.79 Å². The highest BCUT2D eigenvalue weighted by atomic mass is 35.5. The first-order chi connectivity index (χ1) is 12.8. The maximum Gasteiger partial charge on any atom is 0.347 e. The molecule has 0 radical (unpaired) electrons. The van der Waals surface area contributed by atoms with Crippen LogP contribution in [0.1, 0.15) is 41.6 Å². The minimum absolute atomic E-state index is 0.0443. The number of nitrogens with zero attached hydrogens (tertiary/aromatic N) is 3. The van der Waals surface area contributed by atoms with Crippen molar-refractivity contribution >= 4 is 45.7 Å². The summed E-state index contributed by atoms with van der Waals surface area (Å²) in [5, 5.41) is 12.7. The Morgan fingerprint density at radius 2 is 2.22 bits per heavy atom. The second-order valence-electron chi connectivity index (χ2n) is 6.53. The first-order valence-corrected chi connectivity index (χ1v) is 9.85. The number of thiazole rings is 1. The topological polar surface area (TPSA) is 94.9 Å². The number of allylic oxidation sites excluding steroid dienone is 1. The van der Waals surface area contributed by atoms with Gasteiger partial charge in [-0.05, 0) is 25.3 Å². The number of hydrogen-bond acceptors (Lipinski definition) is 6. The number of carboxylic acid groups (broad SMARTS) is 1. The van der Waals surface area contributed by atoms with E-state index in [0.29, 0.717) is 41.1 Å². The van der Waals surface area contributed by atoms with Crippen molar-refractivity contribution in [3.05, 3.63) is 21.3 Å². The Labute approximate surface area is 164 Å². The van der Waals surface area contributed by atoms with Crippen LogP contribution in [0.2, 0.25) is 0 Å². The van der Waals surface area contributed by atoms with Gasteiger partial charge in [0.15, 0.2) is 5.13 Å². The van der Waals surface area contributed by atoms with E-state index in [0.717, 1.165) is 23.3 Å². The number of carboxylic acids is 1. The SMILES string of the molecule is CCC1=C(Cl)N=C(C(=O)N[C@@H]2CCN(c3nc(C)c(C(=O)O)s3)C[C@@H]2F)C1. The van der Waals surface area contributed by atoms with Crippen molar-refractivity contribution in [1.29, 1.82) is 0 Å². The zero-order valence-electron chi connectivity index (χ0n) is 15.0. The van der Waals surface area contributed by atoms with Crippen LogP contribution in [0.25, 0.3) is 0 Å². The predicted octanol–water partition coefficient (Wildman–Crippen LogP) is 2.89. The van der Waals surface area contributed by atoms with Gasteiger partial charge in [0.05, 0.1) is 18.3 Å². The number of aliphatic imine (C=N–C) groups is 1. The molecule has 1 saturated heterocycles. The number of aromatic nitrogens is 1. The highest BCUT2D eigenvalue weighted by Crippen LogP contribution is 2.29. The Morgan fingerprint density at radius 1 is 1.48 bits per heavy atom. The first-order valence-electron chi connectivity index (χ1n) is 8.65. The monoisotopic (exact) mass is 414 g/mol. The zero-order chi connectivity index (χ0) is 19.7. The molecule has 0 saturated carbocycles. The summed E-state index contributed by atoms with van der Waals surface area (Å²) >= 11 is 7.03. The summed E-state index contributed by atoms with van der Waals surface area (Å²) in [6.45, 7) is 4.08. The molecule has 1 fully saturated rings. The summed E-state index contributed by atoms with van der Waals surface area (Å²) in [4.78, 5) is 33.7. The van der Waals surface area contributed by atoms with Crippen molar-refractivity contribution in [3.63, 3.8) is 0 Å². The number of amides is 1. The number of piperidine rings is 1. The van der Waals surface area contributed by atoms with Crippen LogP contribution in [-0.2, 0) is 4.79 Å². The molecule has 2 aliphatic rings. The maximum atomic E-state index is 14.6. The molecule has 2 aliphatic heterocycles. The summed E-state index contributed by atoms with van der Waals surface area (Å²) < 4.78 is 14.6. The van der Waals surface area contributed by atoms with Crippen molar-refractivity contribution < 1.29 is 19.1 Å². The van der Waals surface area contributed by atoms with Crippen molar-refractivity contribution in [2.45, 2.75) is 45.3 Å². The number of carbonyl (C=O) groups excluding carboxylic acids is 1. The van der Waals surface area contributed by atoms with Gasteiger partial charge in [-0.25, -0.2) is 19.2 Å². The van der Waals surface area contributed by atoms with E-state index in [1.807, 2.05) is 6.92 Å². The number of aromatic carboxylic acids is 1. The number of aryl methyl sites for hydroxylation is 1. The van der Waals surface area contributed by atoms with Crippen molar-refractivity contribution in [1.82, 2.24) is 10.3 Å². The number of hydrogen-bond donors (Lipinski definition) is 2. The van der Waals surface area contributed by atoms with Crippen LogP contribution in [0.4, 0.5) is 9.52 Å². The summed E-state index contributed by atoms with van der Waals surface area (Å²) in [5.74, 6) is -1.43. The van der Waals surface area contributed by atoms with Crippen molar-refractivity contribution in [2.75, 3.05) is 18.0 Å². The number of alkyl halides is 1. The van der Waals surface area contributed by atoms with E-state index in [2.05, 4.69) is 15.3 Å². The fourth-order valence-corrected chi connectivity index (χ4v) is 4.37. The average molecular weight is 415 g/mol. The largest absolute Gasteiger partial charge is 0.477 e. The lowest BCUT2D eigenvalue weighted by Crippen LogP contribution is -2.53. The quantitative estimate of drug-likeness (QED) is 0.722. The molecule has 0 aromatic carbocycles. The molecule has 2 N–H and O–H groups in total. The molecule has 0 bridgehead atoms. The summed E-state index contributed by atoms with van der Waals surface area (Å²) in [7, 11) is 0. The number of anilines is 1. The third-order valence-corrected chi connectivity index (χ3v) is 6.26. The fraction of sp³-hybridized carbons (Fsp3) is 0.529. The third-order valence-electron chi connectivity index (χ3n) is 4.70. The highest BCUT2D eigenvalue weighted by molar-refractivity contribution is 7.17. The minimum Gasteiger partial charge on any atom is -0.477 e. The molecule has 3 heterocycles. The Kier molecular flexibility index (Phi) is 5.81. The lowest BCUT2D eigenvalue weighted by Gasteiger charge is -2.34. The standard InChI is InChI=1S/C17H20ClFN4O3S/c1-3-9-6-12(21-14(9)18)15(24)22-11-4-5-23(7-10(11)19)17-20-8(2)13(27-17)16(25)26/h10-11H,3-7H2,1-2H3,(H,22,24)(H,25,26)/t10-,11+/m0/s1. The molecule has 2 atom stereocenters. The number of carbonyl (C=O) groups is 2. The van der Waals surface area contributed by atoms with Gasteiger partial charge < -0.3 is 15.3 Å². The smallest absolute Gasteiger partial charge is 0.347 e. The highest BCUT2D eigenvalue weighted by Gasteiger charge is 2.33. The van der Waals surface area contributed by atoms with Crippen LogP contribution in [-0.4, -0.2) is 53.0 Å². The second-order valence-corrected chi connectivity index (χ2v) is 7.87. The summed E-state index contributed by atoms with van der Waals surface area (Å²) in [6, 6.07) is -0.624. The van der Waals surface area contributed by atoms with E-state index in [-0.39, 0.29) is 11.4 Å².